The molecule has 2 aliphatic rings. The van der Waals surface area contributed by atoms with E-state index in [0.29, 0.717) is 5.65 Å². The summed E-state index contributed by atoms with van der Waals surface area (Å²) in [5, 5.41) is 13.9. The molecule has 0 bridgehead atoms. The second kappa shape index (κ2) is 6.86. The van der Waals surface area contributed by atoms with Crippen molar-refractivity contribution in [3.8, 4) is 5.69 Å². The van der Waals surface area contributed by atoms with Gasteiger partial charge < -0.3 is 10.6 Å². The molecule has 8 nitrogen and oxygen atoms in total. The van der Waals surface area contributed by atoms with Crippen LogP contribution in [0.1, 0.15) is 30.0 Å². The van der Waals surface area contributed by atoms with Crippen LogP contribution >= 0.6 is 0 Å². The molecule has 164 valence electrons. The minimum atomic E-state index is 0.112. The summed E-state index contributed by atoms with van der Waals surface area (Å²) in [7, 11) is 0. The first-order valence-corrected chi connectivity index (χ1v) is 11.4. The second-order valence-electron chi connectivity index (χ2n) is 9.33. The van der Waals surface area contributed by atoms with Crippen molar-refractivity contribution in [3.63, 3.8) is 0 Å². The molecule has 1 aliphatic heterocycles. The maximum atomic E-state index is 6.74. The fourth-order valence-electron chi connectivity index (χ4n) is 5.69. The maximum absolute atomic E-state index is 6.74. The van der Waals surface area contributed by atoms with Gasteiger partial charge in [-0.15, -0.1) is 5.10 Å². The topological polar surface area (TPSA) is 102 Å². The van der Waals surface area contributed by atoms with Crippen LogP contribution in [0.3, 0.4) is 0 Å². The van der Waals surface area contributed by atoms with Gasteiger partial charge in [-0.1, -0.05) is 30.3 Å². The molecule has 0 saturated carbocycles. The fourth-order valence-corrected chi connectivity index (χ4v) is 5.69. The molecule has 1 aliphatic carbocycles. The third kappa shape index (κ3) is 2.80. The molecule has 33 heavy (non-hydrogen) atoms. The Bertz CT molecular complexity index is 1490. The lowest BCUT2D eigenvalue weighted by molar-refractivity contribution is 0.187. The van der Waals surface area contributed by atoms with Crippen molar-refractivity contribution in [2.75, 3.05) is 18.0 Å². The standard InChI is InChI=1S/C25H24N8/c26-22-18-5-2-1-4-16(18)12-25(22)8-10-32(11-9-25)24-27-13-17-15-33(31-23(17)29-24)21-7-3-6-20-19(21)14-28-30-20/h1-7,13-15,22H,8-12,26H2,(H,28,30)/t22-/m1/s1. The van der Waals surface area contributed by atoms with Gasteiger partial charge in [0.1, 0.15) is 0 Å². The summed E-state index contributed by atoms with van der Waals surface area (Å²) in [6.07, 6.45) is 8.83. The van der Waals surface area contributed by atoms with Gasteiger partial charge >= 0.3 is 0 Å². The predicted octanol–water partition coefficient (Wildman–Crippen LogP) is 3.53. The van der Waals surface area contributed by atoms with Crippen LogP contribution in [0.4, 0.5) is 5.95 Å². The lowest BCUT2D eigenvalue weighted by Crippen LogP contribution is -2.44. The number of fused-ring (bicyclic) bond motifs is 3. The molecule has 7 rings (SSSR count). The van der Waals surface area contributed by atoms with Crippen molar-refractivity contribution in [2.24, 2.45) is 11.1 Å². The van der Waals surface area contributed by atoms with Crippen LogP contribution in [0.2, 0.25) is 0 Å². The molecule has 0 amide bonds. The Labute approximate surface area is 190 Å². The second-order valence-corrected chi connectivity index (χ2v) is 9.33. The van der Waals surface area contributed by atoms with Crippen molar-refractivity contribution in [1.29, 1.82) is 0 Å². The number of rotatable bonds is 2. The Morgan fingerprint density at radius 1 is 1.03 bits per heavy atom. The van der Waals surface area contributed by atoms with E-state index in [1.54, 1.807) is 0 Å². The van der Waals surface area contributed by atoms with E-state index in [1.165, 1.54) is 11.1 Å². The SMILES string of the molecule is N[C@@H]1c2ccccc2CC12CCN(c1ncc3cn(-c4cccc5[nH]ncc45)nc3n1)CC2. The molecule has 0 unspecified atom stereocenters. The molecule has 0 radical (unpaired) electrons. The van der Waals surface area contributed by atoms with Crippen molar-refractivity contribution >= 4 is 27.9 Å². The summed E-state index contributed by atoms with van der Waals surface area (Å²) in [4.78, 5) is 11.8. The Balaban J connectivity index is 1.15. The van der Waals surface area contributed by atoms with Crippen LogP contribution in [0, 0.1) is 5.41 Å². The van der Waals surface area contributed by atoms with Gasteiger partial charge in [0.05, 0.1) is 22.8 Å². The van der Waals surface area contributed by atoms with E-state index in [4.69, 9.17) is 15.8 Å². The lowest BCUT2D eigenvalue weighted by atomic mass is 9.73. The van der Waals surface area contributed by atoms with Crippen LogP contribution in [0.5, 0.6) is 0 Å². The predicted molar refractivity (Wildman–Crippen MR) is 127 cm³/mol. The number of aromatic amines is 1. The minimum absolute atomic E-state index is 0.112. The number of nitrogens with two attached hydrogens (primary N) is 1. The summed E-state index contributed by atoms with van der Waals surface area (Å²) in [6.45, 7) is 1.81. The van der Waals surface area contributed by atoms with Gasteiger partial charge in [-0.25, -0.2) is 9.67 Å². The first kappa shape index (κ1) is 18.8. The molecule has 1 saturated heterocycles. The van der Waals surface area contributed by atoms with Gasteiger partial charge in [-0.05, 0) is 47.9 Å². The molecule has 3 aromatic heterocycles. The average Bonchev–Trinajstić information content (AvgIpc) is 3.56. The van der Waals surface area contributed by atoms with Crippen LogP contribution in [-0.2, 0) is 6.42 Å². The number of H-pyrrole nitrogens is 1. The highest BCUT2D eigenvalue weighted by molar-refractivity contribution is 5.87. The van der Waals surface area contributed by atoms with E-state index in [-0.39, 0.29) is 11.5 Å². The molecular formula is C25H24N8. The molecule has 1 spiro atoms. The lowest BCUT2D eigenvalue weighted by Gasteiger charge is -2.42. The number of aromatic nitrogens is 6. The smallest absolute Gasteiger partial charge is 0.227 e. The van der Waals surface area contributed by atoms with Crippen LogP contribution < -0.4 is 10.6 Å². The average molecular weight is 437 g/mol. The molecule has 5 aromatic rings. The van der Waals surface area contributed by atoms with E-state index in [9.17, 15) is 0 Å². The summed E-state index contributed by atoms with van der Waals surface area (Å²) < 4.78 is 1.86. The van der Waals surface area contributed by atoms with Crippen molar-refractivity contribution < 1.29 is 0 Å². The highest BCUT2D eigenvalue weighted by Crippen LogP contribution is 2.50. The minimum Gasteiger partial charge on any atom is -0.341 e. The zero-order chi connectivity index (χ0) is 22.0. The quantitative estimate of drug-likeness (QED) is 0.439. The molecular weight excluding hydrogens is 412 g/mol. The largest absolute Gasteiger partial charge is 0.341 e. The number of benzene rings is 2. The number of nitrogens with zero attached hydrogens (tertiary/aromatic N) is 6. The van der Waals surface area contributed by atoms with E-state index >= 15 is 0 Å². The van der Waals surface area contributed by atoms with E-state index in [2.05, 4.69) is 44.3 Å². The summed E-state index contributed by atoms with van der Waals surface area (Å²) >= 11 is 0. The monoisotopic (exact) mass is 436 g/mol. The van der Waals surface area contributed by atoms with Crippen molar-refractivity contribution in [3.05, 3.63) is 72.2 Å². The Morgan fingerprint density at radius 3 is 2.79 bits per heavy atom. The maximum Gasteiger partial charge on any atom is 0.227 e. The number of piperidine rings is 1. The van der Waals surface area contributed by atoms with Crippen molar-refractivity contribution in [1.82, 2.24) is 29.9 Å². The third-order valence-corrected chi connectivity index (χ3v) is 7.59. The first-order valence-electron chi connectivity index (χ1n) is 11.4. The van der Waals surface area contributed by atoms with Crippen LogP contribution in [0.15, 0.2) is 61.1 Å². The number of hydrogen-bond acceptors (Lipinski definition) is 6. The summed E-state index contributed by atoms with van der Waals surface area (Å²) in [6, 6.07) is 14.8. The zero-order valence-electron chi connectivity index (χ0n) is 18.1. The first-order chi connectivity index (χ1) is 16.2. The fraction of sp³-hybridized carbons (Fsp3) is 0.280. The Kier molecular flexibility index (Phi) is 3.90. The molecule has 2 aromatic carbocycles. The van der Waals surface area contributed by atoms with E-state index in [0.717, 1.165) is 60.3 Å². The highest BCUT2D eigenvalue weighted by atomic mass is 15.3. The van der Waals surface area contributed by atoms with Gasteiger partial charge in [0.25, 0.3) is 0 Å². The number of hydrogen-bond donors (Lipinski definition) is 2. The molecule has 1 atom stereocenters. The van der Waals surface area contributed by atoms with Gasteiger partial charge in [0.15, 0.2) is 5.65 Å². The van der Waals surface area contributed by atoms with Gasteiger partial charge in [-0.3, -0.25) is 5.10 Å². The number of anilines is 1. The normalized spacial score (nSPS) is 19.5. The highest BCUT2D eigenvalue weighted by Gasteiger charge is 2.46. The molecule has 1 fully saturated rings. The Hall–Kier alpha value is -3.78. The van der Waals surface area contributed by atoms with Crippen LogP contribution in [0.25, 0.3) is 27.6 Å². The van der Waals surface area contributed by atoms with E-state index < -0.39 is 0 Å². The van der Waals surface area contributed by atoms with Gasteiger partial charge in [0, 0.05) is 36.9 Å². The molecule has 3 N–H and O–H groups in total. The number of nitrogens with one attached hydrogen (secondary N) is 1. The van der Waals surface area contributed by atoms with Gasteiger partial charge in [0.2, 0.25) is 5.95 Å². The van der Waals surface area contributed by atoms with E-state index in [1.807, 2.05) is 41.5 Å². The summed E-state index contributed by atoms with van der Waals surface area (Å²) in [5.41, 5.74) is 12.3. The molecule has 4 heterocycles. The van der Waals surface area contributed by atoms with Crippen molar-refractivity contribution in [2.45, 2.75) is 25.3 Å². The molecule has 8 heteroatoms. The zero-order valence-corrected chi connectivity index (χ0v) is 18.1. The van der Waals surface area contributed by atoms with Gasteiger partial charge in [-0.2, -0.15) is 10.1 Å². The van der Waals surface area contributed by atoms with Crippen LogP contribution in [-0.4, -0.2) is 43.0 Å². The Morgan fingerprint density at radius 2 is 1.91 bits per heavy atom. The third-order valence-electron chi connectivity index (χ3n) is 7.59. The summed E-state index contributed by atoms with van der Waals surface area (Å²) in [5.74, 6) is 0.744.